The Bertz CT molecular complexity index is 412. The number of hydrogen-bond donors (Lipinski definition) is 1. The number of benzene rings is 1. The van der Waals surface area contributed by atoms with E-state index >= 15 is 0 Å². The quantitative estimate of drug-likeness (QED) is 0.475. The van der Waals surface area contributed by atoms with Crippen LogP contribution < -0.4 is 0 Å². The fraction of sp³-hybridized carbons (Fsp3) is 0.111. The van der Waals surface area contributed by atoms with E-state index in [1.165, 1.54) is 6.07 Å². The Morgan fingerprint density at radius 1 is 1.36 bits per heavy atom. The monoisotopic (exact) mass is 221 g/mol. The van der Waals surface area contributed by atoms with Crippen molar-refractivity contribution in [2.75, 3.05) is 0 Å². The molecule has 0 amide bonds. The molecule has 0 aliphatic carbocycles. The van der Waals surface area contributed by atoms with Crippen LogP contribution in [0.15, 0.2) is 41.8 Å². The van der Waals surface area contributed by atoms with Crippen molar-refractivity contribution in [2.24, 2.45) is 0 Å². The third-order valence-corrected chi connectivity index (χ3v) is 2.57. The van der Waals surface area contributed by atoms with Crippen LogP contribution in [-0.2, 0) is 16.5 Å². The third kappa shape index (κ3) is 3.55. The van der Waals surface area contributed by atoms with E-state index in [0.29, 0.717) is 12.0 Å². The van der Waals surface area contributed by atoms with E-state index in [1.807, 2.05) is 0 Å². The molecule has 0 aromatic heterocycles. The normalized spacial score (nSPS) is 10.4. The molecule has 0 aliphatic heterocycles. The van der Waals surface area contributed by atoms with Crippen molar-refractivity contribution < 1.29 is 13.0 Å². The summed E-state index contributed by atoms with van der Waals surface area (Å²) in [7, 11) is -4.10. The summed E-state index contributed by atoms with van der Waals surface area (Å²) in [6.45, 7) is 3.50. The second-order valence-electron chi connectivity index (χ2n) is 2.58. The molecule has 0 heterocycles. The molecule has 1 radical (unpaired) electrons. The van der Waals surface area contributed by atoms with Gasteiger partial charge in [0.05, 0.1) is 4.90 Å². The van der Waals surface area contributed by atoms with Crippen molar-refractivity contribution in [3.63, 3.8) is 0 Å². The molecule has 3 nitrogen and oxygen atoms in total. The van der Waals surface area contributed by atoms with Crippen LogP contribution in [0.5, 0.6) is 0 Å². The summed E-state index contributed by atoms with van der Waals surface area (Å²) >= 11 is 0. The van der Waals surface area contributed by atoms with Crippen molar-refractivity contribution in [2.45, 2.75) is 11.3 Å². The van der Waals surface area contributed by atoms with E-state index in [4.69, 9.17) is 4.55 Å². The van der Waals surface area contributed by atoms with E-state index in [2.05, 4.69) is 6.58 Å². The molecule has 14 heavy (non-hydrogen) atoms. The van der Waals surface area contributed by atoms with Crippen molar-refractivity contribution in [1.29, 1.82) is 0 Å². The van der Waals surface area contributed by atoms with Crippen molar-refractivity contribution in [3.8, 4) is 0 Å². The molecule has 1 aromatic carbocycles. The van der Waals surface area contributed by atoms with Gasteiger partial charge in [-0.15, -0.1) is 6.58 Å². The first-order chi connectivity index (χ1) is 6.05. The van der Waals surface area contributed by atoms with Crippen LogP contribution >= 0.6 is 0 Å². The Labute approximate surface area is 106 Å². The van der Waals surface area contributed by atoms with Crippen LogP contribution in [0, 0.1) is 0 Å². The molecule has 0 saturated carbocycles. The minimum absolute atomic E-state index is 0. The fourth-order valence-corrected chi connectivity index (χ4v) is 1.81. The van der Waals surface area contributed by atoms with Crippen LogP contribution in [-0.4, -0.2) is 42.5 Å². The molecule has 1 aromatic rings. The first kappa shape index (κ1) is 13.9. The number of rotatable bonds is 3. The first-order valence-corrected chi connectivity index (χ1v) is 5.16. The zero-order valence-electron chi connectivity index (χ0n) is 7.97. The molecule has 0 fully saturated rings. The number of hydrogen-bond acceptors (Lipinski definition) is 2. The molecule has 1 N–H and O–H groups in total. The molecule has 0 spiro atoms. The van der Waals surface area contributed by atoms with E-state index in [1.54, 1.807) is 24.3 Å². The van der Waals surface area contributed by atoms with Gasteiger partial charge >= 0.3 is 0 Å². The predicted octanol–water partition coefficient (Wildman–Crippen LogP) is 1.28. The second-order valence-corrected chi connectivity index (χ2v) is 3.97. The average molecular weight is 221 g/mol. The van der Waals surface area contributed by atoms with Crippen LogP contribution in [0.4, 0.5) is 0 Å². The Morgan fingerprint density at radius 3 is 2.43 bits per heavy atom. The molecular formula is C9H10NaO3S. The Kier molecular flexibility index (Phi) is 5.63. The largest absolute Gasteiger partial charge is 0.294 e. The second kappa shape index (κ2) is 5.68. The molecule has 0 saturated heterocycles. The minimum atomic E-state index is -4.10. The van der Waals surface area contributed by atoms with E-state index in [9.17, 15) is 8.42 Å². The summed E-state index contributed by atoms with van der Waals surface area (Å²) in [4.78, 5) is -0.0464. The molecule has 0 bridgehead atoms. The Morgan fingerprint density at radius 2 is 1.93 bits per heavy atom. The maximum Gasteiger partial charge on any atom is 0.294 e. The van der Waals surface area contributed by atoms with Gasteiger partial charge in [-0.2, -0.15) is 8.42 Å². The van der Waals surface area contributed by atoms with Gasteiger partial charge in [0.1, 0.15) is 0 Å². The topological polar surface area (TPSA) is 54.4 Å². The summed E-state index contributed by atoms with van der Waals surface area (Å²) in [5.41, 5.74) is 0.556. The summed E-state index contributed by atoms with van der Waals surface area (Å²) in [6.07, 6.45) is 2.01. The van der Waals surface area contributed by atoms with Gasteiger partial charge in [-0.1, -0.05) is 24.3 Å². The van der Waals surface area contributed by atoms with Crippen molar-refractivity contribution in [3.05, 3.63) is 42.5 Å². The first-order valence-electron chi connectivity index (χ1n) is 3.72. The van der Waals surface area contributed by atoms with E-state index < -0.39 is 10.1 Å². The fourth-order valence-electron chi connectivity index (χ4n) is 1.08. The molecule has 0 atom stereocenters. The summed E-state index contributed by atoms with van der Waals surface area (Å²) < 4.78 is 30.5. The van der Waals surface area contributed by atoms with E-state index in [-0.39, 0.29) is 34.5 Å². The molecule has 0 unspecified atom stereocenters. The van der Waals surface area contributed by atoms with Gasteiger partial charge in [0.25, 0.3) is 10.1 Å². The Balaban J connectivity index is 0.00000169. The van der Waals surface area contributed by atoms with Gasteiger partial charge < -0.3 is 0 Å². The van der Waals surface area contributed by atoms with Crippen LogP contribution in [0.25, 0.3) is 0 Å². The molecular weight excluding hydrogens is 211 g/mol. The molecule has 5 heteroatoms. The van der Waals surface area contributed by atoms with Gasteiger partial charge in [-0.3, -0.25) is 4.55 Å². The number of allylic oxidation sites excluding steroid dienone is 1. The van der Waals surface area contributed by atoms with Gasteiger partial charge in [-0.05, 0) is 18.1 Å². The van der Waals surface area contributed by atoms with Gasteiger partial charge in [0, 0.05) is 29.6 Å². The Hall–Kier alpha value is -0.130. The SMILES string of the molecule is C=CCc1ccccc1S(=O)(=O)O.[Na]. The van der Waals surface area contributed by atoms with Crippen LogP contribution in [0.3, 0.4) is 0 Å². The van der Waals surface area contributed by atoms with Crippen LogP contribution in [0.2, 0.25) is 0 Å². The predicted molar refractivity (Wildman–Crippen MR) is 55.9 cm³/mol. The zero-order valence-corrected chi connectivity index (χ0v) is 10.8. The van der Waals surface area contributed by atoms with Gasteiger partial charge in [0.2, 0.25) is 0 Å². The smallest absolute Gasteiger partial charge is 0.282 e. The zero-order chi connectivity index (χ0) is 9.90. The molecule has 71 valence electrons. The standard InChI is InChI=1S/C9H10O3S.Na/c1-2-5-8-6-3-4-7-9(8)13(10,11)12;/h2-4,6-7H,1,5H2,(H,10,11,12);. The maximum atomic E-state index is 10.8. The minimum Gasteiger partial charge on any atom is -0.282 e. The summed E-state index contributed by atoms with van der Waals surface area (Å²) in [5, 5.41) is 0. The average Bonchev–Trinajstić information content (AvgIpc) is 2.04. The van der Waals surface area contributed by atoms with Gasteiger partial charge in [0.15, 0.2) is 0 Å². The summed E-state index contributed by atoms with van der Waals surface area (Å²) in [5.74, 6) is 0. The van der Waals surface area contributed by atoms with E-state index in [0.717, 1.165) is 0 Å². The summed E-state index contributed by atoms with van der Waals surface area (Å²) in [6, 6.07) is 6.29. The van der Waals surface area contributed by atoms with Crippen molar-refractivity contribution >= 4 is 39.7 Å². The van der Waals surface area contributed by atoms with Gasteiger partial charge in [-0.25, -0.2) is 0 Å². The maximum absolute atomic E-state index is 10.8. The third-order valence-electron chi connectivity index (χ3n) is 1.61. The molecule has 0 aliphatic rings. The molecule has 1 rings (SSSR count). The van der Waals surface area contributed by atoms with Crippen molar-refractivity contribution in [1.82, 2.24) is 0 Å². The van der Waals surface area contributed by atoms with Crippen LogP contribution in [0.1, 0.15) is 5.56 Å².